The minimum atomic E-state index is -0.244. The fourth-order valence-electron chi connectivity index (χ4n) is 1.81. The lowest BCUT2D eigenvalue weighted by Gasteiger charge is -2.15. The zero-order chi connectivity index (χ0) is 14.5. The Balaban J connectivity index is 2.16. The smallest absolute Gasteiger partial charge is 0.274 e. The maximum atomic E-state index is 12.2. The molecule has 0 saturated heterocycles. The van der Waals surface area contributed by atoms with Gasteiger partial charge >= 0.3 is 0 Å². The first-order valence-electron chi connectivity index (χ1n) is 6.43. The molecule has 0 spiro atoms. The van der Waals surface area contributed by atoms with Gasteiger partial charge in [0.15, 0.2) is 0 Å². The highest BCUT2D eigenvalue weighted by Crippen LogP contribution is 2.02. The van der Waals surface area contributed by atoms with Gasteiger partial charge in [-0.15, -0.1) is 0 Å². The minimum Gasteiger partial charge on any atom is -0.347 e. The van der Waals surface area contributed by atoms with Gasteiger partial charge in [0, 0.05) is 32.1 Å². The Morgan fingerprint density at radius 3 is 2.90 bits per heavy atom. The van der Waals surface area contributed by atoms with Crippen LogP contribution in [0.4, 0.5) is 0 Å². The predicted molar refractivity (Wildman–Crippen MR) is 73.2 cm³/mol. The summed E-state index contributed by atoms with van der Waals surface area (Å²) >= 11 is 0. The number of imidazole rings is 1. The normalized spacial score (nSPS) is 10.5. The molecule has 7 nitrogen and oxygen atoms in total. The first kappa shape index (κ1) is 14.0. The number of rotatable bonds is 5. The maximum Gasteiger partial charge on any atom is 0.274 e. The van der Waals surface area contributed by atoms with Gasteiger partial charge in [-0.3, -0.25) is 9.59 Å². The van der Waals surface area contributed by atoms with E-state index in [0.717, 1.165) is 6.42 Å². The Kier molecular flexibility index (Phi) is 4.29. The summed E-state index contributed by atoms with van der Waals surface area (Å²) in [4.78, 5) is 32.3. The standard InChI is InChI=1S/C13H17N5O2/c1-3-8-18-12(19)5-4-10(16-18)13(20)17(2)9-11-14-6-7-15-11/h4-7H,3,8-9H2,1-2H3,(H,14,15). The van der Waals surface area contributed by atoms with Crippen molar-refractivity contribution in [3.63, 3.8) is 0 Å². The third kappa shape index (κ3) is 3.11. The van der Waals surface area contributed by atoms with Crippen molar-refractivity contribution >= 4 is 5.91 Å². The Morgan fingerprint density at radius 1 is 1.45 bits per heavy atom. The number of hydrogen-bond donors (Lipinski definition) is 1. The molecule has 7 heteroatoms. The van der Waals surface area contributed by atoms with Gasteiger partial charge in [-0.25, -0.2) is 9.67 Å². The van der Waals surface area contributed by atoms with Crippen LogP contribution in [0.25, 0.3) is 0 Å². The van der Waals surface area contributed by atoms with E-state index in [-0.39, 0.29) is 17.2 Å². The van der Waals surface area contributed by atoms with Crippen LogP contribution in [0.15, 0.2) is 29.3 Å². The SMILES string of the molecule is CCCn1nc(C(=O)N(C)Cc2ncc[nH]2)ccc1=O. The number of aryl methyl sites for hydroxylation is 1. The molecule has 2 rings (SSSR count). The summed E-state index contributed by atoms with van der Waals surface area (Å²) in [6.45, 7) is 2.81. The van der Waals surface area contributed by atoms with Crippen LogP contribution in [0.2, 0.25) is 0 Å². The number of hydrogen-bond acceptors (Lipinski definition) is 4. The van der Waals surface area contributed by atoms with Crippen LogP contribution in [0.3, 0.4) is 0 Å². The topological polar surface area (TPSA) is 83.9 Å². The number of carbonyl (C=O) groups is 1. The molecule has 0 aliphatic heterocycles. The molecule has 0 bridgehead atoms. The summed E-state index contributed by atoms with van der Waals surface area (Å²) in [6.07, 6.45) is 4.12. The van der Waals surface area contributed by atoms with Gasteiger partial charge in [-0.2, -0.15) is 5.10 Å². The lowest BCUT2D eigenvalue weighted by atomic mass is 10.3. The van der Waals surface area contributed by atoms with Crippen molar-refractivity contribution in [2.45, 2.75) is 26.4 Å². The highest BCUT2D eigenvalue weighted by Gasteiger charge is 2.15. The van der Waals surface area contributed by atoms with Crippen LogP contribution in [0.5, 0.6) is 0 Å². The van der Waals surface area contributed by atoms with E-state index in [1.54, 1.807) is 19.4 Å². The summed E-state index contributed by atoms with van der Waals surface area (Å²) in [6, 6.07) is 2.83. The molecule has 2 heterocycles. The van der Waals surface area contributed by atoms with Crippen molar-refractivity contribution in [2.75, 3.05) is 7.05 Å². The van der Waals surface area contributed by atoms with Crippen LogP contribution in [0.1, 0.15) is 29.7 Å². The van der Waals surface area contributed by atoms with E-state index in [1.807, 2.05) is 6.92 Å². The highest BCUT2D eigenvalue weighted by molar-refractivity contribution is 5.91. The van der Waals surface area contributed by atoms with Crippen molar-refractivity contribution in [3.05, 3.63) is 46.4 Å². The zero-order valence-corrected chi connectivity index (χ0v) is 11.5. The van der Waals surface area contributed by atoms with E-state index in [2.05, 4.69) is 15.1 Å². The van der Waals surface area contributed by atoms with Gasteiger partial charge in [0.2, 0.25) is 0 Å². The molecule has 0 aromatic carbocycles. The summed E-state index contributed by atoms with van der Waals surface area (Å²) in [5.41, 5.74) is 0.0594. The first-order chi connectivity index (χ1) is 9.61. The predicted octanol–water partition coefficient (Wildman–Crippen LogP) is 0.649. The molecular weight excluding hydrogens is 258 g/mol. The monoisotopic (exact) mass is 275 g/mol. The number of nitrogens with one attached hydrogen (secondary N) is 1. The minimum absolute atomic E-state index is 0.197. The van der Waals surface area contributed by atoms with Gasteiger partial charge in [-0.1, -0.05) is 6.92 Å². The molecule has 1 N–H and O–H groups in total. The largest absolute Gasteiger partial charge is 0.347 e. The van der Waals surface area contributed by atoms with E-state index >= 15 is 0 Å². The van der Waals surface area contributed by atoms with Crippen LogP contribution in [0, 0.1) is 0 Å². The second kappa shape index (κ2) is 6.14. The number of H-pyrrole nitrogens is 1. The van der Waals surface area contributed by atoms with Crippen molar-refractivity contribution in [3.8, 4) is 0 Å². The van der Waals surface area contributed by atoms with E-state index in [0.29, 0.717) is 18.9 Å². The number of carbonyl (C=O) groups excluding carboxylic acids is 1. The quantitative estimate of drug-likeness (QED) is 0.868. The van der Waals surface area contributed by atoms with Crippen LogP contribution in [-0.2, 0) is 13.1 Å². The van der Waals surface area contributed by atoms with Crippen LogP contribution < -0.4 is 5.56 Å². The number of amides is 1. The third-order valence-corrected chi connectivity index (χ3v) is 2.81. The van der Waals surface area contributed by atoms with Gasteiger partial charge in [0.05, 0.1) is 6.54 Å². The zero-order valence-electron chi connectivity index (χ0n) is 11.5. The molecule has 106 valence electrons. The van der Waals surface area contributed by atoms with Crippen LogP contribution >= 0.6 is 0 Å². The average molecular weight is 275 g/mol. The second-order valence-electron chi connectivity index (χ2n) is 4.48. The summed E-state index contributed by atoms with van der Waals surface area (Å²) in [5, 5.41) is 4.09. The molecule has 20 heavy (non-hydrogen) atoms. The Hall–Kier alpha value is -2.44. The Labute approximate surface area is 116 Å². The van der Waals surface area contributed by atoms with Gasteiger partial charge in [0.1, 0.15) is 11.5 Å². The van der Waals surface area contributed by atoms with Crippen molar-refractivity contribution in [1.29, 1.82) is 0 Å². The molecule has 0 saturated carbocycles. The molecule has 0 aliphatic rings. The van der Waals surface area contributed by atoms with Crippen molar-refractivity contribution in [2.24, 2.45) is 0 Å². The summed E-state index contributed by atoms with van der Waals surface area (Å²) in [7, 11) is 1.67. The molecule has 0 radical (unpaired) electrons. The summed E-state index contributed by atoms with van der Waals surface area (Å²) in [5.74, 6) is 0.453. The maximum absolute atomic E-state index is 12.2. The molecule has 0 aliphatic carbocycles. The first-order valence-corrected chi connectivity index (χ1v) is 6.43. The summed E-state index contributed by atoms with van der Waals surface area (Å²) < 4.78 is 1.31. The number of aromatic amines is 1. The third-order valence-electron chi connectivity index (χ3n) is 2.81. The second-order valence-corrected chi connectivity index (χ2v) is 4.48. The number of aromatic nitrogens is 4. The fraction of sp³-hybridized carbons (Fsp3) is 0.385. The lowest BCUT2D eigenvalue weighted by Crippen LogP contribution is -2.31. The fourth-order valence-corrected chi connectivity index (χ4v) is 1.81. The van der Waals surface area contributed by atoms with Crippen LogP contribution in [-0.4, -0.2) is 37.6 Å². The Morgan fingerprint density at radius 2 is 2.25 bits per heavy atom. The molecule has 0 unspecified atom stereocenters. The van der Waals surface area contributed by atoms with Gasteiger partial charge in [-0.05, 0) is 12.5 Å². The van der Waals surface area contributed by atoms with E-state index in [9.17, 15) is 9.59 Å². The van der Waals surface area contributed by atoms with E-state index in [1.165, 1.54) is 21.7 Å². The molecule has 2 aromatic heterocycles. The number of nitrogens with zero attached hydrogens (tertiary/aromatic N) is 4. The Bertz CT molecular complexity index is 632. The lowest BCUT2D eigenvalue weighted by molar-refractivity contribution is 0.0773. The molecule has 2 aromatic rings. The molecule has 0 fully saturated rings. The van der Waals surface area contributed by atoms with E-state index < -0.39 is 0 Å². The van der Waals surface area contributed by atoms with Gasteiger partial charge in [0.25, 0.3) is 11.5 Å². The highest BCUT2D eigenvalue weighted by atomic mass is 16.2. The molecule has 0 atom stereocenters. The molecule has 1 amide bonds. The van der Waals surface area contributed by atoms with Crippen molar-refractivity contribution < 1.29 is 4.79 Å². The van der Waals surface area contributed by atoms with Crippen molar-refractivity contribution in [1.82, 2.24) is 24.6 Å². The average Bonchev–Trinajstić information content (AvgIpc) is 2.93. The van der Waals surface area contributed by atoms with Gasteiger partial charge < -0.3 is 9.88 Å². The van der Waals surface area contributed by atoms with E-state index in [4.69, 9.17) is 0 Å². The molecular formula is C13H17N5O2.